The zero-order valence-electron chi connectivity index (χ0n) is 13.6. The van der Waals surface area contributed by atoms with Gasteiger partial charge < -0.3 is 10.6 Å². The maximum Gasteiger partial charge on any atom is 0.175 e. The van der Waals surface area contributed by atoms with Gasteiger partial charge >= 0.3 is 0 Å². The fourth-order valence-corrected chi connectivity index (χ4v) is 3.13. The molecule has 0 aromatic heterocycles. The molecule has 128 valence electrons. The third kappa shape index (κ3) is 3.21. The fraction of sp³-hybridized carbons (Fsp3) is 0. The van der Waals surface area contributed by atoms with Crippen LogP contribution in [0, 0.1) is 11.6 Å². The number of para-hydroxylation sites is 1. The third-order valence-electron chi connectivity index (χ3n) is 4.16. The molecule has 0 aliphatic carbocycles. The molecule has 5 heteroatoms. The average Bonchev–Trinajstić information content (AvgIpc) is 2.63. The van der Waals surface area contributed by atoms with E-state index in [1.54, 1.807) is 0 Å². The molecule has 0 aliphatic rings. The van der Waals surface area contributed by atoms with Crippen LogP contribution in [0.1, 0.15) is 0 Å². The number of fused-ring (bicyclic) bond motifs is 2. The smallest absolute Gasteiger partial charge is 0.175 e. The highest BCUT2D eigenvalue weighted by Gasteiger charge is 2.10. The second-order valence-corrected chi connectivity index (χ2v) is 6.35. The van der Waals surface area contributed by atoms with E-state index in [0.29, 0.717) is 0 Å². The fourth-order valence-electron chi connectivity index (χ4n) is 2.91. The van der Waals surface area contributed by atoms with Crippen molar-refractivity contribution in [2.24, 2.45) is 0 Å². The average molecular weight is 364 g/mol. The number of benzene rings is 4. The highest BCUT2D eigenvalue weighted by atomic mass is 32.1. The minimum atomic E-state index is -0.695. The molecule has 4 aromatic carbocycles. The van der Waals surface area contributed by atoms with E-state index >= 15 is 0 Å². The molecule has 4 aromatic rings. The van der Waals surface area contributed by atoms with E-state index in [1.165, 1.54) is 23.6 Å². The van der Waals surface area contributed by atoms with Gasteiger partial charge in [-0.05, 0) is 70.2 Å². The summed E-state index contributed by atoms with van der Waals surface area (Å²) in [5.41, 5.74) is 0.471. The van der Waals surface area contributed by atoms with Crippen LogP contribution in [-0.4, -0.2) is 5.11 Å². The van der Waals surface area contributed by atoms with Crippen LogP contribution in [0.15, 0.2) is 72.8 Å². The van der Waals surface area contributed by atoms with Gasteiger partial charge in [0.25, 0.3) is 0 Å². The van der Waals surface area contributed by atoms with Crippen LogP contribution in [0.4, 0.5) is 20.2 Å². The van der Waals surface area contributed by atoms with Crippen molar-refractivity contribution in [3.8, 4) is 0 Å². The molecule has 0 heterocycles. The summed E-state index contributed by atoms with van der Waals surface area (Å²) in [6.45, 7) is 0. The number of rotatable bonds is 2. The van der Waals surface area contributed by atoms with E-state index in [2.05, 4.69) is 34.9 Å². The summed E-state index contributed by atoms with van der Waals surface area (Å²) in [5.74, 6) is -1.39. The Balaban J connectivity index is 1.60. The molecular weight excluding hydrogens is 350 g/mol. The summed E-state index contributed by atoms with van der Waals surface area (Å²) in [6.07, 6.45) is 0. The first kappa shape index (κ1) is 16.4. The van der Waals surface area contributed by atoms with Gasteiger partial charge in [-0.25, -0.2) is 8.78 Å². The van der Waals surface area contributed by atoms with Crippen molar-refractivity contribution in [3.63, 3.8) is 0 Å². The summed E-state index contributed by atoms with van der Waals surface area (Å²) in [7, 11) is 0. The first-order valence-electron chi connectivity index (χ1n) is 8.05. The predicted molar refractivity (Wildman–Crippen MR) is 108 cm³/mol. The van der Waals surface area contributed by atoms with Crippen molar-refractivity contribution in [2.75, 3.05) is 10.6 Å². The standard InChI is InChI=1S/C21H14F2N2S/c22-18-6-3-7-19(23)20(18)25-21(26)24-17-9-8-15-10-13-4-1-2-5-14(13)11-16(15)12-17/h1-12H,(H2,24,25,26). The zero-order valence-corrected chi connectivity index (χ0v) is 14.4. The Kier molecular flexibility index (Phi) is 4.22. The lowest BCUT2D eigenvalue weighted by molar-refractivity contribution is 0.591. The quantitative estimate of drug-likeness (QED) is 0.333. The van der Waals surface area contributed by atoms with Crippen LogP contribution < -0.4 is 10.6 Å². The van der Waals surface area contributed by atoms with E-state index < -0.39 is 11.6 Å². The summed E-state index contributed by atoms with van der Waals surface area (Å²) in [6, 6.07) is 21.8. The van der Waals surface area contributed by atoms with E-state index in [9.17, 15) is 8.78 Å². The van der Waals surface area contributed by atoms with Gasteiger partial charge in [-0.1, -0.05) is 36.4 Å². The summed E-state index contributed by atoms with van der Waals surface area (Å²) < 4.78 is 27.4. The van der Waals surface area contributed by atoms with Gasteiger partial charge in [-0.3, -0.25) is 0 Å². The van der Waals surface area contributed by atoms with E-state index in [1.807, 2.05) is 30.3 Å². The Morgan fingerprint density at radius 2 is 1.27 bits per heavy atom. The third-order valence-corrected chi connectivity index (χ3v) is 4.37. The monoisotopic (exact) mass is 364 g/mol. The van der Waals surface area contributed by atoms with E-state index in [-0.39, 0.29) is 10.8 Å². The van der Waals surface area contributed by atoms with Crippen molar-refractivity contribution in [1.29, 1.82) is 0 Å². The minimum Gasteiger partial charge on any atom is -0.332 e. The van der Waals surface area contributed by atoms with Crippen LogP contribution in [-0.2, 0) is 0 Å². The van der Waals surface area contributed by atoms with Crippen molar-refractivity contribution < 1.29 is 8.78 Å². The van der Waals surface area contributed by atoms with Crippen LogP contribution in [0.3, 0.4) is 0 Å². The van der Waals surface area contributed by atoms with Gasteiger partial charge in [0, 0.05) is 5.69 Å². The van der Waals surface area contributed by atoms with Crippen molar-refractivity contribution in [3.05, 3.63) is 84.4 Å². The maximum atomic E-state index is 13.7. The predicted octanol–water partition coefficient (Wildman–Crippen LogP) is 6.08. The minimum absolute atomic E-state index is 0.120. The van der Waals surface area contributed by atoms with Crippen molar-refractivity contribution in [1.82, 2.24) is 0 Å². The van der Waals surface area contributed by atoms with Gasteiger partial charge in [0.1, 0.15) is 17.3 Å². The van der Waals surface area contributed by atoms with Crippen LogP contribution >= 0.6 is 12.2 Å². The molecule has 0 unspecified atom stereocenters. The van der Waals surface area contributed by atoms with Gasteiger partial charge in [0.15, 0.2) is 5.11 Å². The van der Waals surface area contributed by atoms with Gasteiger partial charge in [0.2, 0.25) is 0 Å². The zero-order chi connectivity index (χ0) is 18.1. The molecule has 0 fully saturated rings. The molecule has 4 rings (SSSR count). The Morgan fingerprint density at radius 1 is 0.654 bits per heavy atom. The topological polar surface area (TPSA) is 24.1 Å². The number of anilines is 2. The Morgan fingerprint density at radius 3 is 1.96 bits per heavy atom. The molecule has 0 spiro atoms. The molecule has 0 saturated carbocycles. The molecule has 0 aliphatic heterocycles. The summed E-state index contributed by atoms with van der Waals surface area (Å²) in [5, 5.41) is 10.1. The van der Waals surface area contributed by atoms with Crippen LogP contribution in [0.2, 0.25) is 0 Å². The summed E-state index contributed by atoms with van der Waals surface area (Å²) in [4.78, 5) is 0. The number of hydrogen-bond donors (Lipinski definition) is 2. The Labute approximate surface area is 154 Å². The lowest BCUT2D eigenvalue weighted by atomic mass is 10.0. The first-order valence-corrected chi connectivity index (χ1v) is 8.45. The lowest BCUT2D eigenvalue weighted by Gasteiger charge is -2.12. The first-order chi connectivity index (χ1) is 12.6. The highest BCUT2D eigenvalue weighted by Crippen LogP contribution is 2.25. The largest absolute Gasteiger partial charge is 0.332 e. The molecule has 0 amide bonds. The van der Waals surface area contributed by atoms with Crippen LogP contribution in [0.5, 0.6) is 0 Å². The number of hydrogen-bond acceptors (Lipinski definition) is 1. The normalized spacial score (nSPS) is 10.8. The van der Waals surface area contributed by atoms with Crippen molar-refractivity contribution >= 4 is 50.2 Å². The molecule has 26 heavy (non-hydrogen) atoms. The van der Waals surface area contributed by atoms with Crippen LogP contribution in [0.25, 0.3) is 21.5 Å². The maximum absolute atomic E-state index is 13.7. The second-order valence-electron chi connectivity index (χ2n) is 5.94. The number of halogens is 2. The molecule has 0 bridgehead atoms. The molecule has 2 N–H and O–H groups in total. The SMILES string of the molecule is Fc1cccc(F)c1NC(=S)Nc1ccc2cc3ccccc3cc2c1. The van der Waals surface area contributed by atoms with E-state index in [0.717, 1.165) is 21.8 Å². The van der Waals surface area contributed by atoms with Crippen molar-refractivity contribution in [2.45, 2.75) is 0 Å². The second kappa shape index (κ2) is 6.69. The molecule has 0 saturated heterocycles. The molecule has 0 atom stereocenters. The highest BCUT2D eigenvalue weighted by molar-refractivity contribution is 7.80. The van der Waals surface area contributed by atoms with Gasteiger partial charge in [-0.15, -0.1) is 0 Å². The molecule has 2 nitrogen and oxygen atoms in total. The number of nitrogens with one attached hydrogen (secondary N) is 2. The van der Waals surface area contributed by atoms with Gasteiger partial charge in [-0.2, -0.15) is 0 Å². The number of thiocarbonyl (C=S) groups is 1. The molecular formula is C21H14F2N2S. The van der Waals surface area contributed by atoms with E-state index in [4.69, 9.17) is 12.2 Å². The summed E-state index contributed by atoms with van der Waals surface area (Å²) >= 11 is 5.18. The van der Waals surface area contributed by atoms with Gasteiger partial charge in [0.05, 0.1) is 0 Å². The Bertz CT molecular complexity index is 1120. The molecule has 0 radical (unpaired) electrons. The Hall–Kier alpha value is -3.05. The lowest BCUT2D eigenvalue weighted by Crippen LogP contribution is -2.20.